The van der Waals surface area contributed by atoms with Crippen LogP contribution >= 0.6 is 0 Å². The summed E-state index contributed by atoms with van der Waals surface area (Å²) in [5.74, 6) is 0.00372. The van der Waals surface area contributed by atoms with Crippen molar-refractivity contribution in [2.45, 2.75) is 31.5 Å². The summed E-state index contributed by atoms with van der Waals surface area (Å²) < 4.78 is 7.87. The maximum Gasteiger partial charge on any atom is 0.274 e. The lowest BCUT2D eigenvalue weighted by molar-refractivity contribution is -0.0952. The van der Waals surface area contributed by atoms with Crippen molar-refractivity contribution in [3.8, 4) is 0 Å². The highest BCUT2D eigenvalue weighted by Crippen LogP contribution is 2.37. The molecule has 2 aliphatic heterocycles. The van der Waals surface area contributed by atoms with E-state index in [2.05, 4.69) is 41.3 Å². The third kappa shape index (κ3) is 3.15. The number of hydrogen-bond donors (Lipinski definition) is 0. The number of benzene rings is 1. The van der Waals surface area contributed by atoms with Gasteiger partial charge in [0, 0.05) is 25.3 Å². The molecule has 0 radical (unpaired) electrons. The van der Waals surface area contributed by atoms with Gasteiger partial charge in [-0.25, -0.2) is 0 Å². The Morgan fingerprint density at radius 3 is 2.73 bits per heavy atom. The van der Waals surface area contributed by atoms with Gasteiger partial charge in [0.1, 0.15) is 5.60 Å². The Kier molecular flexibility index (Phi) is 4.32. The number of amides is 1. The molecule has 0 aliphatic carbocycles. The molecule has 3 heterocycles. The number of ether oxygens (including phenoxy) is 1. The van der Waals surface area contributed by atoms with Gasteiger partial charge in [0.25, 0.3) is 5.91 Å². The minimum absolute atomic E-state index is 0.00372. The first-order valence-electron chi connectivity index (χ1n) is 9.14. The average Bonchev–Trinajstić information content (AvgIpc) is 3.19. The molecule has 2 aromatic rings. The molecule has 4 rings (SSSR count). The van der Waals surface area contributed by atoms with E-state index < -0.39 is 0 Å². The van der Waals surface area contributed by atoms with Crippen LogP contribution in [0.5, 0.6) is 0 Å². The summed E-state index contributed by atoms with van der Waals surface area (Å²) in [6.07, 6.45) is 0.974. The molecule has 1 aromatic carbocycles. The molecule has 1 unspecified atom stereocenters. The Morgan fingerprint density at radius 2 is 2.08 bits per heavy atom. The summed E-state index contributed by atoms with van der Waals surface area (Å²) in [7, 11) is 4.01. The van der Waals surface area contributed by atoms with Crippen LogP contribution in [0.2, 0.25) is 0 Å². The van der Waals surface area contributed by atoms with Crippen LogP contribution < -0.4 is 0 Å². The maximum absolute atomic E-state index is 12.6. The number of likely N-dealkylation sites (tertiary alicyclic amines) is 1. The van der Waals surface area contributed by atoms with E-state index in [1.807, 2.05) is 31.0 Å². The second-order valence-corrected chi connectivity index (χ2v) is 7.71. The number of nitrogens with zero attached hydrogens (tertiary/aromatic N) is 4. The van der Waals surface area contributed by atoms with Crippen molar-refractivity contribution in [3.63, 3.8) is 0 Å². The molecule has 6 heteroatoms. The van der Waals surface area contributed by atoms with Crippen LogP contribution in [0.3, 0.4) is 0 Å². The minimum Gasteiger partial charge on any atom is -0.370 e. The van der Waals surface area contributed by atoms with Gasteiger partial charge >= 0.3 is 0 Å². The molecule has 0 bridgehead atoms. The number of hydrogen-bond acceptors (Lipinski definition) is 4. The van der Waals surface area contributed by atoms with Crippen LogP contribution in [0.1, 0.15) is 28.2 Å². The van der Waals surface area contributed by atoms with E-state index >= 15 is 0 Å². The third-order valence-corrected chi connectivity index (χ3v) is 5.67. The third-order valence-electron chi connectivity index (χ3n) is 5.67. The zero-order valence-electron chi connectivity index (χ0n) is 15.7. The largest absolute Gasteiger partial charge is 0.370 e. The molecular formula is C20H26N4O2. The Morgan fingerprint density at radius 1 is 1.35 bits per heavy atom. The molecule has 1 spiro atoms. The van der Waals surface area contributed by atoms with E-state index in [0.29, 0.717) is 24.8 Å². The number of aryl methyl sites for hydroxylation is 2. The molecule has 0 N–H and O–H groups in total. The summed E-state index contributed by atoms with van der Waals surface area (Å²) >= 11 is 0. The number of rotatable bonds is 4. The quantitative estimate of drug-likeness (QED) is 0.841. The lowest BCUT2D eigenvalue weighted by Gasteiger charge is -2.47. The van der Waals surface area contributed by atoms with E-state index in [-0.39, 0.29) is 11.5 Å². The summed E-state index contributed by atoms with van der Waals surface area (Å²) in [6.45, 7) is 4.93. The van der Waals surface area contributed by atoms with Crippen LogP contribution in [0.15, 0.2) is 36.4 Å². The molecule has 2 saturated heterocycles. The highest BCUT2D eigenvalue weighted by Gasteiger charge is 2.52. The average molecular weight is 354 g/mol. The van der Waals surface area contributed by atoms with Gasteiger partial charge in [-0.15, -0.1) is 0 Å². The summed E-state index contributed by atoms with van der Waals surface area (Å²) in [5, 5.41) is 4.29. The van der Waals surface area contributed by atoms with Gasteiger partial charge in [-0.05, 0) is 32.0 Å². The Labute approximate surface area is 154 Å². The SMILES string of the molecule is Cc1cc(C(=O)N2CC3(CC(N(C)Cc4ccccc4)CO3)C2)nn1C. The highest BCUT2D eigenvalue weighted by molar-refractivity contribution is 5.93. The van der Waals surface area contributed by atoms with E-state index in [1.54, 1.807) is 4.68 Å². The van der Waals surface area contributed by atoms with Crippen LogP contribution in [-0.2, 0) is 18.3 Å². The van der Waals surface area contributed by atoms with Crippen molar-refractivity contribution in [3.05, 3.63) is 53.3 Å². The first-order valence-corrected chi connectivity index (χ1v) is 9.14. The molecule has 2 aliphatic rings. The lowest BCUT2D eigenvalue weighted by atomic mass is 9.88. The zero-order valence-corrected chi connectivity index (χ0v) is 15.7. The van der Waals surface area contributed by atoms with Gasteiger partial charge in [-0.2, -0.15) is 5.10 Å². The molecule has 1 atom stereocenters. The molecule has 26 heavy (non-hydrogen) atoms. The molecule has 0 saturated carbocycles. The Balaban J connectivity index is 1.33. The van der Waals surface area contributed by atoms with Gasteiger partial charge in [-0.1, -0.05) is 30.3 Å². The predicted molar refractivity (Wildman–Crippen MR) is 98.8 cm³/mol. The predicted octanol–water partition coefficient (Wildman–Crippen LogP) is 1.84. The molecule has 1 aromatic heterocycles. The summed E-state index contributed by atoms with van der Waals surface area (Å²) in [4.78, 5) is 16.8. The van der Waals surface area contributed by atoms with Crippen LogP contribution in [-0.4, -0.2) is 63.9 Å². The number of likely N-dealkylation sites (N-methyl/N-ethyl adjacent to an activating group) is 1. The standard InChI is InChI=1S/C20H26N4O2/c1-15-9-18(21-23(15)3)19(25)24-13-20(14-24)10-17(12-26-20)22(2)11-16-7-5-4-6-8-16/h4-9,17H,10-14H2,1-3H3. The molecule has 2 fully saturated rings. The maximum atomic E-state index is 12.6. The van der Waals surface area contributed by atoms with E-state index in [4.69, 9.17) is 4.74 Å². The summed E-state index contributed by atoms with van der Waals surface area (Å²) in [6, 6.07) is 12.7. The molecule has 138 valence electrons. The minimum atomic E-state index is -0.172. The second kappa shape index (κ2) is 6.52. The van der Waals surface area contributed by atoms with Crippen molar-refractivity contribution in [2.75, 3.05) is 26.7 Å². The Hall–Kier alpha value is -2.18. The summed E-state index contributed by atoms with van der Waals surface area (Å²) in [5.41, 5.74) is 2.65. The van der Waals surface area contributed by atoms with Crippen molar-refractivity contribution >= 4 is 5.91 Å². The second-order valence-electron chi connectivity index (χ2n) is 7.71. The van der Waals surface area contributed by atoms with E-state index in [0.717, 1.165) is 25.3 Å². The number of aromatic nitrogens is 2. The number of carbonyl (C=O) groups is 1. The van der Waals surface area contributed by atoms with Crippen molar-refractivity contribution in [1.29, 1.82) is 0 Å². The number of carbonyl (C=O) groups excluding carboxylic acids is 1. The smallest absolute Gasteiger partial charge is 0.274 e. The van der Waals surface area contributed by atoms with Crippen LogP contribution in [0, 0.1) is 6.92 Å². The lowest BCUT2D eigenvalue weighted by Crippen LogP contribution is -2.63. The molecule has 1 amide bonds. The van der Waals surface area contributed by atoms with Crippen molar-refractivity contribution in [2.24, 2.45) is 7.05 Å². The topological polar surface area (TPSA) is 50.6 Å². The fourth-order valence-electron chi connectivity index (χ4n) is 3.94. The molecular weight excluding hydrogens is 328 g/mol. The van der Waals surface area contributed by atoms with Crippen molar-refractivity contribution in [1.82, 2.24) is 19.6 Å². The first kappa shape index (κ1) is 17.2. The van der Waals surface area contributed by atoms with Gasteiger partial charge < -0.3 is 9.64 Å². The Bertz CT molecular complexity index is 776. The monoisotopic (exact) mass is 354 g/mol. The highest BCUT2D eigenvalue weighted by atomic mass is 16.5. The van der Waals surface area contributed by atoms with Crippen LogP contribution in [0.25, 0.3) is 0 Å². The fourth-order valence-corrected chi connectivity index (χ4v) is 3.94. The van der Waals surface area contributed by atoms with Gasteiger partial charge in [0.05, 0.1) is 19.7 Å². The van der Waals surface area contributed by atoms with Crippen molar-refractivity contribution < 1.29 is 9.53 Å². The molecule has 6 nitrogen and oxygen atoms in total. The fraction of sp³-hybridized carbons (Fsp3) is 0.500. The normalized spacial score (nSPS) is 21.4. The van der Waals surface area contributed by atoms with E-state index in [1.165, 1.54) is 5.56 Å². The van der Waals surface area contributed by atoms with E-state index in [9.17, 15) is 4.79 Å². The first-order chi connectivity index (χ1) is 12.5. The van der Waals surface area contributed by atoms with Gasteiger partial charge in [0.15, 0.2) is 5.69 Å². The zero-order chi connectivity index (χ0) is 18.3. The van der Waals surface area contributed by atoms with Gasteiger partial charge in [-0.3, -0.25) is 14.4 Å². The van der Waals surface area contributed by atoms with Gasteiger partial charge in [0.2, 0.25) is 0 Å². The van der Waals surface area contributed by atoms with Crippen LogP contribution in [0.4, 0.5) is 0 Å².